The Morgan fingerprint density at radius 1 is 1.12 bits per heavy atom. The molecule has 25 heavy (non-hydrogen) atoms. The average molecular weight is 341 g/mol. The average Bonchev–Trinajstić information content (AvgIpc) is 2.63. The molecule has 5 heteroatoms. The Balaban J connectivity index is 1.87. The van der Waals surface area contributed by atoms with Gasteiger partial charge in [0.2, 0.25) is 0 Å². The lowest BCUT2D eigenvalue weighted by Gasteiger charge is -2.30. The van der Waals surface area contributed by atoms with E-state index in [1.807, 2.05) is 53.4 Å². The zero-order valence-electron chi connectivity index (χ0n) is 14.6. The third-order valence-corrected chi connectivity index (χ3v) is 4.33. The number of rotatable bonds is 4. The lowest BCUT2D eigenvalue weighted by molar-refractivity contribution is -0.143. The lowest BCUT2D eigenvalue weighted by Crippen LogP contribution is -2.37. The van der Waals surface area contributed by atoms with Crippen molar-refractivity contribution >= 4 is 5.91 Å². The third-order valence-electron chi connectivity index (χ3n) is 4.33. The number of hydrogen-bond donors (Lipinski definition) is 0. The monoisotopic (exact) mass is 341 g/mol. The molecular formula is C20H23NO4. The molecule has 132 valence electrons. The van der Waals surface area contributed by atoms with Crippen LogP contribution in [0.15, 0.2) is 48.5 Å². The summed E-state index contributed by atoms with van der Waals surface area (Å²) in [6.07, 6.45) is 0.157. The minimum Gasteiger partial charge on any atom is -0.493 e. The van der Waals surface area contributed by atoms with Crippen LogP contribution in [0.5, 0.6) is 11.5 Å². The maximum atomic E-state index is 13.1. The number of methoxy groups -OCH3 is 2. The van der Waals surface area contributed by atoms with Gasteiger partial charge in [-0.1, -0.05) is 42.5 Å². The molecule has 1 heterocycles. The van der Waals surface area contributed by atoms with Crippen LogP contribution in [0.25, 0.3) is 0 Å². The normalized spacial score (nSPS) is 15.4. The van der Waals surface area contributed by atoms with Crippen molar-refractivity contribution < 1.29 is 19.0 Å². The summed E-state index contributed by atoms with van der Waals surface area (Å²) in [5.74, 6) is 1.37. The second kappa shape index (κ2) is 8.03. The number of carbonyl (C=O) groups excluding carboxylic acids is 1. The van der Waals surface area contributed by atoms with Crippen LogP contribution >= 0.6 is 0 Å². The molecule has 5 nitrogen and oxygen atoms in total. The molecule has 1 amide bonds. The van der Waals surface area contributed by atoms with Gasteiger partial charge in [0.1, 0.15) is 0 Å². The first-order chi connectivity index (χ1) is 12.2. The van der Waals surface area contributed by atoms with Crippen molar-refractivity contribution in [2.24, 2.45) is 0 Å². The highest BCUT2D eigenvalue weighted by Gasteiger charge is 2.27. The van der Waals surface area contributed by atoms with E-state index in [0.29, 0.717) is 25.4 Å². The summed E-state index contributed by atoms with van der Waals surface area (Å²) in [6, 6.07) is 15.3. The van der Waals surface area contributed by atoms with Gasteiger partial charge in [-0.25, -0.2) is 0 Å². The highest BCUT2D eigenvalue weighted by molar-refractivity contribution is 5.82. The number of nitrogens with zero attached hydrogens (tertiary/aromatic N) is 1. The molecule has 0 aliphatic carbocycles. The van der Waals surface area contributed by atoms with Crippen LogP contribution in [0.1, 0.15) is 23.7 Å². The van der Waals surface area contributed by atoms with Gasteiger partial charge in [-0.05, 0) is 18.1 Å². The van der Waals surface area contributed by atoms with E-state index in [1.54, 1.807) is 14.2 Å². The highest BCUT2D eigenvalue weighted by atomic mass is 16.5. The van der Waals surface area contributed by atoms with Crippen LogP contribution in [-0.2, 0) is 16.1 Å². The molecule has 1 aliphatic heterocycles. The fraction of sp³-hybridized carbons (Fsp3) is 0.350. The van der Waals surface area contributed by atoms with E-state index in [1.165, 1.54) is 0 Å². The molecule has 0 radical (unpaired) electrons. The molecule has 0 bridgehead atoms. The number of para-hydroxylation sites is 1. The molecule has 0 fully saturated rings. The number of benzene rings is 2. The molecule has 1 aliphatic rings. The van der Waals surface area contributed by atoms with Crippen LogP contribution in [-0.4, -0.2) is 38.2 Å². The maximum absolute atomic E-state index is 13.1. The Morgan fingerprint density at radius 2 is 1.92 bits per heavy atom. The molecule has 1 atom stereocenters. The second-order valence-corrected chi connectivity index (χ2v) is 5.94. The Bertz CT molecular complexity index is 717. The van der Waals surface area contributed by atoms with E-state index in [4.69, 9.17) is 14.2 Å². The van der Waals surface area contributed by atoms with Crippen molar-refractivity contribution in [2.45, 2.75) is 19.1 Å². The summed E-state index contributed by atoms with van der Waals surface area (Å²) < 4.78 is 16.8. The largest absolute Gasteiger partial charge is 0.493 e. The van der Waals surface area contributed by atoms with Crippen molar-refractivity contribution in [2.75, 3.05) is 27.4 Å². The van der Waals surface area contributed by atoms with Gasteiger partial charge in [0.15, 0.2) is 17.6 Å². The number of fused-ring (bicyclic) bond motifs is 1. The SMILES string of the molecule is COc1cccc2c1OCCCN(C(=O)[C@H](OC)c1ccccc1)C2. The van der Waals surface area contributed by atoms with Gasteiger partial charge in [0.05, 0.1) is 13.7 Å². The third kappa shape index (κ3) is 3.77. The summed E-state index contributed by atoms with van der Waals surface area (Å²) in [6.45, 7) is 1.64. The van der Waals surface area contributed by atoms with Gasteiger partial charge in [-0.3, -0.25) is 4.79 Å². The van der Waals surface area contributed by atoms with E-state index in [-0.39, 0.29) is 5.91 Å². The van der Waals surface area contributed by atoms with Crippen molar-refractivity contribution in [3.8, 4) is 11.5 Å². The number of carbonyl (C=O) groups is 1. The van der Waals surface area contributed by atoms with E-state index >= 15 is 0 Å². The highest BCUT2D eigenvalue weighted by Crippen LogP contribution is 2.33. The van der Waals surface area contributed by atoms with Gasteiger partial charge < -0.3 is 19.1 Å². The van der Waals surface area contributed by atoms with Gasteiger partial charge in [-0.15, -0.1) is 0 Å². The fourth-order valence-electron chi connectivity index (χ4n) is 3.09. The predicted molar refractivity (Wildman–Crippen MR) is 94.7 cm³/mol. The molecule has 2 aromatic carbocycles. The summed E-state index contributed by atoms with van der Waals surface area (Å²) in [5.41, 5.74) is 1.80. The number of hydrogen-bond acceptors (Lipinski definition) is 4. The van der Waals surface area contributed by atoms with E-state index < -0.39 is 6.10 Å². The summed E-state index contributed by atoms with van der Waals surface area (Å²) in [5, 5.41) is 0. The number of amides is 1. The fourth-order valence-corrected chi connectivity index (χ4v) is 3.09. The van der Waals surface area contributed by atoms with E-state index in [0.717, 1.165) is 23.3 Å². The van der Waals surface area contributed by atoms with Gasteiger partial charge in [0.25, 0.3) is 5.91 Å². The van der Waals surface area contributed by atoms with Gasteiger partial charge >= 0.3 is 0 Å². The molecule has 0 saturated carbocycles. The Labute approximate surface area is 148 Å². The minimum atomic E-state index is -0.601. The lowest BCUT2D eigenvalue weighted by atomic mass is 10.1. The van der Waals surface area contributed by atoms with Gasteiger partial charge in [-0.2, -0.15) is 0 Å². The first-order valence-electron chi connectivity index (χ1n) is 8.39. The molecular weight excluding hydrogens is 318 g/mol. The predicted octanol–water partition coefficient (Wildman–Crippen LogP) is 3.19. The smallest absolute Gasteiger partial charge is 0.256 e. The molecule has 0 saturated heterocycles. The van der Waals surface area contributed by atoms with Crippen molar-refractivity contribution in [1.82, 2.24) is 4.90 Å². The zero-order chi connectivity index (χ0) is 17.6. The van der Waals surface area contributed by atoms with Crippen molar-refractivity contribution in [3.63, 3.8) is 0 Å². The first-order valence-corrected chi connectivity index (χ1v) is 8.39. The Morgan fingerprint density at radius 3 is 2.64 bits per heavy atom. The van der Waals surface area contributed by atoms with E-state index in [2.05, 4.69) is 0 Å². The van der Waals surface area contributed by atoms with Crippen LogP contribution < -0.4 is 9.47 Å². The summed E-state index contributed by atoms with van der Waals surface area (Å²) in [7, 11) is 3.19. The number of ether oxygens (including phenoxy) is 3. The zero-order valence-corrected chi connectivity index (χ0v) is 14.6. The van der Waals surface area contributed by atoms with Crippen LogP contribution in [0.4, 0.5) is 0 Å². The Hall–Kier alpha value is -2.53. The van der Waals surface area contributed by atoms with Crippen LogP contribution in [0, 0.1) is 0 Å². The molecule has 2 aromatic rings. The van der Waals surface area contributed by atoms with Gasteiger partial charge in [0, 0.05) is 25.8 Å². The Kier molecular flexibility index (Phi) is 5.56. The van der Waals surface area contributed by atoms with Crippen LogP contribution in [0.2, 0.25) is 0 Å². The molecule has 0 unspecified atom stereocenters. The summed E-state index contributed by atoms with van der Waals surface area (Å²) in [4.78, 5) is 14.9. The first kappa shape index (κ1) is 17.3. The molecule has 0 spiro atoms. The standard InChI is InChI=1S/C20H23NO4/c1-23-17-11-6-10-16-14-21(12-7-13-25-18(16)17)20(22)19(24-2)15-8-4-3-5-9-15/h3-6,8-11,19H,7,12-14H2,1-2H3/t19-/m1/s1. The van der Waals surface area contributed by atoms with Crippen molar-refractivity contribution in [3.05, 3.63) is 59.7 Å². The molecule has 0 N–H and O–H groups in total. The topological polar surface area (TPSA) is 48.0 Å². The molecule has 3 rings (SSSR count). The van der Waals surface area contributed by atoms with Crippen LogP contribution in [0.3, 0.4) is 0 Å². The second-order valence-electron chi connectivity index (χ2n) is 5.94. The van der Waals surface area contributed by atoms with E-state index in [9.17, 15) is 4.79 Å². The minimum absolute atomic E-state index is 0.0376. The maximum Gasteiger partial charge on any atom is 0.256 e. The molecule has 0 aromatic heterocycles. The van der Waals surface area contributed by atoms with Crippen molar-refractivity contribution in [1.29, 1.82) is 0 Å². The quantitative estimate of drug-likeness (QED) is 0.857. The summed E-state index contributed by atoms with van der Waals surface area (Å²) >= 11 is 0.